The number of carbonyl (C=O) groups is 1. The van der Waals surface area contributed by atoms with Crippen molar-refractivity contribution in [3.05, 3.63) is 0 Å². The Balaban J connectivity index is 1.68. The molecular weight excluding hydrogens is 260 g/mol. The molecule has 3 heteroatoms. The van der Waals surface area contributed by atoms with E-state index in [-0.39, 0.29) is 0 Å². The lowest BCUT2D eigenvalue weighted by Gasteiger charge is -2.57. The summed E-state index contributed by atoms with van der Waals surface area (Å²) in [5.74, 6) is 3.89. The molecule has 0 aliphatic heterocycles. The first-order chi connectivity index (χ1) is 10.1. The molecule has 0 unspecified atom stereocenters. The van der Waals surface area contributed by atoms with E-state index in [1.165, 1.54) is 32.1 Å². The summed E-state index contributed by atoms with van der Waals surface area (Å²) in [5.41, 5.74) is 0. The second-order valence-corrected chi connectivity index (χ2v) is 7.66. The first kappa shape index (κ1) is 15.3. The molecule has 0 heterocycles. The zero-order valence-corrected chi connectivity index (χ0v) is 14.1. The van der Waals surface area contributed by atoms with Crippen LogP contribution >= 0.6 is 0 Å². The fourth-order valence-corrected chi connectivity index (χ4v) is 5.71. The van der Waals surface area contributed by atoms with Crippen LogP contribution in [0.25, 0.3) is 0 Å². The lowest BCUT2D eigenvalue weighted by atomic mass is 9.54. The molecule has 3 nitrogen and oxygen atoms in total. The van der Waals surface area contributed by atoms with E-state index in [0.29, 0.717) is 11.9 Å². The molecule has 4 aliphatic carbocycles. The summed E-state index contributed by atoms with van der Waals surface area (Å²) in [4.78, 5) is 17.0. The topological polar surface area (TPSA) is 23.6 Å². The van der Waals surface area contributed by atoms with Crippen molar-refractivity contribution in [3.8, 4) is 0 Å². The van der Waals surface area contributed by atoms with Gasteiger partial charge in [0.1, 0.15) is 0 Å². The van der Waals surface area contributed by atoms with Crippen molar-refractivity contribution in [2.24, 2.45) is 23.7 Å². The van der Waals surface area contributed by atoms with Gasteiger partial charge in [-0.3, -0.25) is 4.79 Å². The van der Waals surface area contributed by atoms with E-state index in [9.17, 15) is 4.79 Å². The van der Waals surface area contributed by atoms with Crippen LogP contribution in [-0.2, 0) is 4.79 Å². The molecule has 0 saturated heterocycles. The largest absolute Gasteiger partial charge is 0.338 e. The molecule has 0 radical (unpaired) electrons. The van der Waals surface area contributed by atoms with Gasteiger partial charge < -0.3 is 9.80 Å². The quantitative estimate of drug-likeness (QED) is 0.751. The third-order valence-electron chi connectivity index (χ3n) is 6.49. The SMILES string of the molecule is CCN(CC)CCN(C(C)=O)C1C2CC3CC(C2)CC1C3. The van der Waals surface area contributed by atoms with Gasteiger partial charge in [0.25, 0.3) is 0 Å². The summed E-state index contributed by atoms with van der Waals surface area (Å²) < 4.78 is 0. The van der Waals surface area contributed by atoms with E-state index in [1.54, 1.807) is 6.92 Å². The maximum absolute atomic E-state index is 12.3. The Bertz CT molecular complexity index is 349. The summed E-state index contributed by atoms with van der Waals surface area (Å²) >= 11 is 0. The zero-order valence-electron chi connectivity index (χ0n) is 14.1. The van der Waals surface area contributed by atoms with E-state index < -0.39 is 0 Å². The highest BCUT2D eigenvalue weighted by atomic mass is 16.2. The summed E-state index contributed by atoms with van der Waals surface area (Å²) in [7, 11) is 0. The maximum atomic E-state index is 12.3. The second-order valence-electron chi connectivity index (χ2n) is 7.66. The molecule has 21 heavy (non-hydrogen) atoms. The Morgan fingerprint density at radius 3 is 1.86 bits per heavy atom. The van der Waals surface area contributed by atoms with Crippen molar-refractivity contribution < 1.29 is 4.79 Å². The molecule has 4 fully saturated rings. The first-order valence-electron chi connectivity index (χ1n) is 9.11. The Morgan fingerprint density at radius 1 is 0.905 bits per heavy atom. The fourth-order valence-electron chi connectivity index (χ4n) is 5.71. The number of carbonyl (C=O) groups excluding carboxylic acids is 1. The van der Waals surface area contributed by atoms with Gasteiger partial charge in [-0.1, -0.05) is 13.8 Å². The van der Waals surface area contributed by atoms with E-state index in [2.05, 4.69) is 23.6 Å². The van der Waals surface area contributed by atoms with Crippen LogP contribution in [0.5, 0.6) is 0 Å². The number of rotatable bonds is 6. The van der Waals surface area contributed by atoms with E-state index in [0.717, 1.165) is 49.9 Å². The molecule has 0 spiro atoms. The predicted molar refractivity (Wildman–Crippen MR) is 86.0 cm³/mol. The number of nitrogens with zero attached hydrogens (tertiary/aromatic N) is 2. The smallest absolute Gasteiger partial charge is 0.219 e. The number of hydrogen-bond acceptors (Lipinski definition) is 2. The van der Waals surface area contributed by atoms with Gasteiger partial charge in [0.2, 0.25) is 5.91 Å². The zero-order chi connectivity index (χ0) is 15.0. The molecular formula is C18H32N2O. The van der Waals surface area contributed by atoms with Crippen LogP contribution in [0.3, 0.4) is 0 Å². The Hall–Kier alpha value is -0.570. The van der Waals surface area contributed by atoms with Gasteiger partial charge in [0.15, 0.2) is 0 Å². The van der Waals surface area contributed by atoms with Crippen molar-refractivity contribution in [2.45, 2.75) is 58.9 Å². The molecule has 0 aromatic rings. The minimum atomic E-state index is 0.305. The van der Waals surface area contributed by atoms with Gasteiger partial charge >= 0.3 is 0 Å². The van der Waals surface area contributed by atoms with Gasteiger partial charge in [-0.15, -0.1) is 0 Å². The average Bonchev–Trinajstić information content (AvgIpc) is 2.44. The molecule has 0 aromatic carbocycles. The van der Waals surface area contributed by atoms with Crippen LogP contribution in [0.2, 0.25) is 0 Å². The van der Waals surface area contributed by atoms with Crippen molar-refractivity contribution in [2.75, 3.05) is 26.2 Å². The van der Waals surface area contributed by atoms with Gasteiger partial charge in [-0.05, 0) is 68.9 Å². The number of likely N-dealkylation sites (N-methyl/N-ethyl adjacent to an activating group) is 1. The predicted octanol–water partition coefficient (Wildman–Crippen LogP) is 3.00. The minimum Gasteiger partial charge on any atom is -0.338 e. The van der Waals surface area contributed by atoms with Crippen LogP contribution in [0.4, 0.5) is 0 Å². The highest BCUT2D eigenvalue weighted by molar-refractivity contribution is 5.73. The summed E-state index contributed by atoms with van der Waals surface area (Å²) in [6, 6.07) is 0.561. The van der Waals surface area contributed by atoms with Gasteiger partial charge in [-0.25, -0.2) is 0 Å². The van der Waals surface area contributed by atoms with Crippen LogP contribution in [0, 0.1) is 23.7 Å². The van der Waals surface area contributed by atoms with Crippen LogP contribution in [0.15, 0.2) is 0 Å². The van der Waals surface area contributed by atoms with Crippen molar-refractivity contribution in [1.82, 2.24) is 9.80 Å². The van der Waals surface area contributed by atoms with Gasteiger partial charge in [0.05, 0.1) is 0 Å². The Morgan fingerprint density at radius 2 is 1.43 bits per heavy atom. The monoisotopic (exact) mass is 292 g/mol. The average molecular weight is 292 g/mol. The highest BCUT2D eigenvalue weighted by Gasteiger charge is 2.50. The van der Waals surface area contributed by atoms with Gasteiger partial charge in [-0.2, -0.15) is 0 Å². The normalized spacial score (nSPS) is 37.2. The molecule has 120 valence electrons. The lowest BCUT2D eigenvalue weighted by molar-refractivity contribution is -0.141. The van der Waals surface area contributed by atoms with Gasteiger partial charge in [0, 0.05) is 26.1 Å². The molecule has 0 atom stereocenters. The molecule has 0 aromatic heterocycles. The molecule has 4 rings (SSSR count). The van der Waals surface area contributed by atoms with Crippen LogP contribution in [-0.4, -0.2) is 47.9 Å². The second kappa shape index (κ2) is 6.28. The van der Waals surface area contributed by atoms with Crippen LogP contribution < -0.4 is 0 Å². The molecule has 4 bridgehead atoms. The number of hydrogen-bond donors (Lipinski definition) is 0. The fraction of sp³-hybridized carbons (Fsp3) is 0.944. The summed E-state index contributed by atoms with van der Waals surface area (Å²) in [6.45, 7) is 10.4. The lowest BCUT2D eigenvalue weighted by Crippen LogP contribution is -2.58. The van der Waals surface area contributed by atoms with Crippen molar-refractivity contribution >= 4 is 5.91 Å². The van der Waals surface area contributed by atoms with Crippen molar-refractivity contribution in [3.63, 3.8) is 0 Å². The molecule has 1 amide bonds. The standard InChI is InChI=1S/C18H32N2O/c1-4-19(5-2)6-7-20(13(3)21)18-16-9-14-8-15(11-16)12-17(18)10-14/h14-18H,4-12H2,1-3H3. The first-order valence-corrected chi connectivity index (χ1v) is 9.11. The Kier molecular flexibility index (Phi) is 4.58. The number of amides is 1. The summed E-state index contributed by atoms with van der Waals surface area (Å²) in [6.07, 6.45) is 7.07. The van der Waals surface area contributed by atoms with E-state index in [1.807, 2.05) is 0 Å². The third-order valence-corrected chi connectivity index (χ3v) is 6.49. The maximum Gasteiger partial charge on any atom is 0.219 e. The highest BCUT2D eigenvalue weighted by Crippen LogP contribution is 2.55. The van der Waals surface area contributed by atoms with E-state index in [4.69, 9.17) is 0 Å². The molecule has 4 aliphatic rings. The third kappa shape index (κ3) is 2.99. The van der Waals surface area contributed by atoms with Crippen molar-refractivity contribution in [1.29, 1.82) is 0 Å². The minimum absolute atomic E-state index is 0.305. The van der Waals surface area contributed by atoms with Crippen LogP contribution in [0.1, 0.15) is 52.9 Å². The van der Waals surface area contributed by atoms with E-state index >= 15 is 0 Å². The summed E-state index contributed by atoms with van der Waals surface area (Å²) in [5, 5.41) is 0. The Labute approximate surface area is 130 Å². The molecule has 4 saturated carbocycles. The molecule has 0 N–H and O–H groups in total.